The number of hydrogen-bond acceptors (Lipinski definition) is 4. The molecule has 2 aromatic rings. The van der Waals surface area contributed by atoms with Crippen LogP contribution in [0.15, 0.2) is 35.1 Å². The molecule has 1 aliphatic carbocycles. The third-order valence-electron chi connectivity index (χ3n) is 5.82. The largest absolute Gasteiger partial charge is 0.330 e. The van der Waals surface area contributed by atoms with Crippen LogP contribution in [-0.2, 0) is 16.1 Å². The Kier molecular flexibility index (Phi) is 6.28. The van der Waals surface area contributed by atoms with Crippen molar-refractivity contribution in [2.45, 2.75) is 57.5 Å². The van der Waals surface area contributed by atoms with Gasteiger partial charge in [-0.05, 0) is 43.4 Å². The number of likely N-dealkylation sites (tertiary alicyclic amines) is 1. The molecule has 2 amide bonds. The standard InChI is InChI=1S/C21H26BrN5O2/c22-17-10-8-15(9-11-17)13-26-14-23-21(25-26)24-19(28)18-7-4-12-27(18)20(29)16-5-2-1-3-6-16/h8-11,14,16,18H,1-7,12-13H2,(H,24,25,28). The maximum atomic E-state index is 12.9. The number of carbonyl (C=O) groups is 2. The van der Waals surface area contributed by atoms with Gasteiger partial charge in [0.2, 0.25) is 17.8 Å². The van der Waals surface area contributed by atoms with Gasteiger partial charge in [0.15, 0.2) is 0 Å². The molecule has 1 saturated heterocycles. The normalized spacial score (nSPS) is 20.0. The minimum absolute atomic E-state index is 0.0837. The number of aromatic nitrogens is 3. The second-order valence-corrected chi connectivity index (χ2v) is 8.82. The molecular formula is C21H26BrN5O2. The van der Waals surface area contributed by atoms with E-state index in [4.69, 9.17) is 0 Å². The van der Waals surface area contributed by atoms with Crippen molar-refractivity contribution in [3.63, 3.8) is 0 Å². The zero-order valence-electron chi connectivity index (χ0n) is 16.4. The lowest BCUT2D eigenvalue weighted by atomic mass is 9.88. The molecule has 0 bridgehead atoms. The van der Waals surface area contributed by atoms with Crippen molar-refractivity contribution in [2.75, 3.05) is 11.9 Å². The number of amides is 2. The first-order chi connectivity index (χ1) is 14.1. The number of benzene rings is 1. The summed E-state index contributed by atoms with van der Waals surface area (Å²) in [6.45, 7) is 1.24. The number of nitrogens with zero attached hydrogens (tertiary/aromatic N) is 4. The predicted molar refractivity (Wildman–Crippen MR) is 113 cm³/mol. The van der Waals surface area contributed by atoms with Crippen LogP contribution >= 0.6 is 15.9 Å². The van der Waals surface area contributed by atoms with E-state index >= 15 is 0 Å². The zero-order valence-corrected chi connectivity index (χ0v) is 18.0. The van der Waals surface area contributed by atoms with E-state index < -0.39 is 6.04 Å². The molecule has 2 aliphatic rings. The van der Waals surface area contributed by atoms with Gasteiger partial charge >= 0.3 is 0 Å². The van der Waals surface area contributed by atoms with Gasteiger partial charge in [0.25, 0.3) is 0 Å². The summed E-state index contributed by atoms with van der Waals surface area (Å²) in [4.78, 5) is 31.7. The quantitative estimate of drug-likeness (QED) is 0.740. The second-order valence-electron chi connectivity index (χ2n) is 7.91. The summed E-state index contributed by atoms with van der Waals surface area (Å²) < 4.78 is 2.72. The number of carbonyl (C=O) groups excluding carboxylic acids is 2. The summed E-state index contributed by atoms with van der Waals surface area (Å²) in [6, 6.07) is 7.57. The molecule has 0 radical (unpaired) electrons. The van der Waals surface area contributed by atoms with Gasteiger partial charge < -0.3 is 4.90 Å². The Morgan fingerprint density at radius 1 is 1.07 bits per heavy atom. The molecule has 2 heterocycles. The molecule has 8 heteroatoms. The molecule has 154 valence electrons. The van der Waals surface area contributed by atoms with Crippen molar-refractivity contribution in [2.24, 2.45) is 5.92 Å². The molecule has 7 nitrogen and oxygen atoms in total. The van der Waals surface area contributed by atoms with Gasteiger partial charge in [-0.25, -0.2) is 9.67 Å². The predicted octanol–water partition coefficient (Wildman–Crippen LogP) is 3.60. The summed E-state index contributed by atoms with van der Waals surface area (Å²) in [5, 5.41) is 7.16. The summed E-state index contributed by atoms with van der Waals surface area (Å²) in [5.74, 6) is 0.327. The van der Waals surface area contributed by atoms with Crippen molar-refractivity contribution < 1.29 is 9.59 Å². The van der Waals surface area contributed by atoms with E-state index in [1.54, 1.807) is 15.9 Å². The highest BCUT2D eigenvalue weighted by Crippen LogP contribution is 2.29. The highest BCUT2D eigenvalue weighted by atomic mass is 79.9. The van der Waals surface area contributed by atoms with Gasteiger partial charge in [0.1, 0.15) is 12.4 Å². The van der Waals surface area contributed by atoms with Crippen LogP contribution in [0.3, 0.4) is 0 Å². The van der Waals surface area contributed by atoms with Crippen LogP contribution < -0.4 is 5.32 Å². The number of anilines is 1. The summed E-state index contributed by atoms with van der Waals surface area (Å²) in [5.41, 5.74) is 1.09. The van der Waals surface area contributed by atoms with Crippen LogP contribution in [-0.4, -0.2) is 44.1 Å². The Morgan fingerprint density at radius 3 is 2.59 bits per heavy atom. The van der Waals surface area contributed by atoms with Crippen LogP contribution in [0.2, 0.25) is 0 Å². The van der Waals surface area contributed by atoms with E-state index in [1.165, 1.54) is 6.42 Å². The number of halogens is 1. The van der Waals surface area contributed by atoms with E-state index in [1.807, 2.05) is 24.3 Å². The summed E-state index contributed by atoms with van der Waals surface area (Å²) in [6.07, 6.45) is 8.50. The molecule has 1 N–H and O–H groups in total. The molecule has 1 unspecified atom stereocenters. The Hall–Kier alpha value is -2.22. The van der Waals surface area contributed by atoms with Gasteiger partial charge in [-0.2, -0.15) is 0 Å². The van der Waals surface area contributed by atoms with Gasteiger partial charge in [0.05, 0.1) is 6.54 Å². The third kappa shape index (κ3) is 4.86. The molecule has 2 fully saturated rings. The molecule has 1 saturated carbocycles. The van der Waals surface area contributed by atoms with E-state index in [0.717, 1.165) is 42.1 Å². The van der Waals surface area contributed by atoms with Crippen molar-refractivity contribution in [3.05, 3.63) is 40.6 Å². The number of hydrogen-bond donors (Lipinski definition) is 1. The number of rotatable bonds is 5. The second kappa shape index (κ2) is 9.07. The fourth-order valence-electron chi connectivity index (χ4n) is 4.29. The van der Waals surface area contributed by atoms with Gasteiger partial charge in [-0.3, -0.25) is 14.9 Å². The molecule has 29 heavy (non-hydrogen) atoms. The van der Waals surface area contributed by atoms with Crippen LogP contribution in [0.25, 0.3) is 0 Å². The van der Waals surface area contributed by atoms with Crippen molar-refractivity contribution in [3.8, 4) is 0 Å². The smallest absolute Gasteiger partial charge is 0.249 e. The number of nitrogens with one attached hydrogen (secondary N) is 1. The monoisotopic (exact) mass is 459 g/mol. The summed E-state index contributed by atoms with van der Waals surface area (Å²) in [7, 11) is 0. The maximum absolute atomic E-state index is 12.9. The highest BCUT2D eigenvalue weighted by Gasteiger charge is 2.37. The fraction of sp³-hybridized carbons (Fsp3) is 0.524. The molecule has 1 aliphatic heterocycles. The molecule has 1 atom stereocenters. The zero-order chi connectivity index (χ0) is 20.2. The van der Waals surface area contributed by atoms with Gasteiger partial charge in [-0.1, -0.05) is 47.3 Å². The van der Waals surface area contributed by atoms with Crippen LogP contribution in [0.4, 0.5) is 5.95 Å². The lowest BCUT2D eigenvalue weighted by molar-refractivity contribution is -0.141. The molecule has 0 spiro atoms. The lowest BCUT2D eigenvalue weighted by Gasteiger charge is -2.29. The minimum atomic E-state index is -0.414. The van der Waals surface area contributed by atoms with Crippen molar-refractivity contribution >= 4 is 33.7 Å². The first-order valence-electron chi connectivity index (χ1n) is 10.4. The molecule has 1 aromatic carbocycles. The maximum Gasteiger partial charge on any atom is 0.249 e. The van der Waals surface area contributed by atoms with Crippen LogP contribution in [0.5, 0.6) is 0 Å². The van der Waals surface area contributed by atoms with Crippen molar-refractivity contribution in [1.82, 2.24) is 19.7 Å². The van der Waals surface area contributed by atoms with E-state index in [0.29, 0.717) is 19.5 Å². The van der Waals surface area contributed by atoms with Gasteiger partial charge in [-0.15, -0.1) is 5.10 Å². The van der Waals surface area contributed by atoms with Crippen LogP contribution in [0, 0.1) is 5.92 Å². The molecular weight excluding hydrogens is 434 g/mol. The molecule has 1 aromatic heterocycles. The Morgan fingerprint density at radius 2 is 1.83 bits per heavy atom. The molecule has 4 rings (SSSR count). The fourth-order valence-corrected chi connectivity index (χ4v) is 4.55. The third-order valence-corrected chi connectivity index (χ3v) is 6.35. The SMILES string of the molecule is O=C(Nc1ncn(Cc2ccc(Br)cc2)n1)C1CCCN1C(=O)C1CCCCC1. The topological polar surface area (TPSA) is 80.1 Å². The van der Waals surface area contributed by atoms with Gasteiger partial charge in [0, 0.05) is 16.9 Å². The Balaban J connectivity index is 1.36. The lowest BCUT2D eigenvalue weighted by Crippen LogP contribution is -2.46. The summed E-state index contributed by atoms with van der Waals surface area (Å²) >= 11 is 3.42. The van der Waals surface area contributed by atoms with E-state index in [9.17, 15) is 9.59 Å². The average molecular weight is 460 g/mol. The van der Waals surface area contributed by atoms with E-state index in [2.05, 4.69) is 31.3 Å². The van der Waals surface area contributed by atoms with Crippen molar-refractivity contribution in [1.29, 1.82) is 0 Å². The Labute approximate surface area is 179 Å². The average Bonchev–Trinajstić information content (AvgIpc) is 3.39. The van der Waals surface area contributed by atoms with E-state index in [-0.39, 0.29) is 23.7 Å². The first-order valence-corrected chi connectivity index (χ1v) is 11.1. The first kappa shape index (κ1) is 20.1. The Bertz CT molecular complexity index is 860. The minimum Gasteiger partial charge on any atom is -0.330 e. The van der Waals surface area contributed by atoms with Crippen LogP contribution in [0.1, 0.15) is 50.5 Å². The highest BCUT2D eigenvalue weighted by molar-refractivity contribution is 9.10.